The number of amides is 1. The molecule has 1 aromatic heterocycles. The van der Waals surface area contributed by atoms with E-state index in [4.69, 9.17) is 14.0 Å². The zero-order valence-electron chi connectivity index (χ0n) is 18.0. The fraction of sp³-hybridized carbons (Fsp3) is 0.348. The van der Waals surface area contributed by atoms with Crippen LogP contribution in [-0.2, 0) is 11.3 Å². The zero-order valence-corrected chi connectivity index (χ0v) is 19.6. The first kappa shape index (κ1) is 22.3. The molecular formula is C23H25BrN4O4. The van der Waals surface area contributed by atoms with Crippen LogP contribution in [0.1, 0.15) is 18.7 Å². The predicted octanol–water partition coefficient (Wildman–Crippen LogP) is 4.37. The highest BCUT2D eigenvalue weighted by Crippen LogP contribution is 2.30. The molecule has 168 valence electrons. The summed E-state index contributed by atoms with van der Waals surface area (Å²) in [5.74, 6) is 2.17. The van der Waals surface area contributed by atoms with Crippen LogP contribution in [0.25, 0.3) is 11.4 Å². The molecule has 8 nitrogen and oxygen atoms in total. The summed E-state index contributed by atoms with van der Waals surface area (Å²) in [5.41, 5.74) is 1.52. The van der Waals surface area contributed by atoms with Crippen LogP contribution < -0.4 is 14.8 Å². The van der Waals surface area contributed by atoms with Gasteiger partial charge in [-0.05, 0) is 43.7 Å². The molecule has 1 saturated heterocycles. The van der Waals surface area contributed by atoms with Crippen molar-refractivity contribution < 1.29 is 18.8 Å². The van der Waals surface area contributed by atoms with Gasteiger partial charge in [-0.25, -0.2) is 0 Å². The van der Waals surface area contributed by atoms with Crippen LogP contribution in [0.15, 0.2) is 51.5 Å². The first-order chi connectivity index (χ1) is 15.6. The van der Waals surface area contributed by atoms with E-state index in [9.17, 15) is 4.79 Å². The molecule has 0 aliphatic carbocycles. The highest BCUT2D eigenvalue weighted by atomic mass is 79.9. The molecule has 1 N–H and O–H groups in total. The Balaban J connectivity index is 1.38. The summed E-state index contributed by atoms with van der Waals surface area (Å²) in [7, 11) is 3.16. The number of aromatic nitrogens is 2. The number of hydrogen-bond donors (Lipinski definition) is 1. The predicted molar refractivity (Wildman–Crippen MR) is 124 cm³/mol. The van der Waals surface area contributed by atoms with Crippen molar-refractivity contribution in [3.63, 3.8) is 0 Å². The number of hydrogen-bond acceptors (Lipinski definition) is 7. The Bertz CT molecular complexity index is 1090. The minimum atomic E-state index is -0.136. The fourth-order valence-electron chi connectivity index (χ4n) is 3.80. The Labute approximate surface area is 195 Å². The lowest BCUT2D eigenvalue weighted by Gasteiger charge is -2.31. The average molecular weight is 501 g/mol. The Morgan fingerprint density at radius 1 is 1.25 bits per heavy atom. The maximum Gasteiger partial charge on any atom is 0.241 e. The van der Waals surface area contributed by atoms with E-state index < -0.39 is 0 Å². The number of halogens is 1. The van der Waals surface area contributed by atoms with Crippen molar-refractivity contribution in [2.24, 2.45) is 5.92 Å². The van der Waals surface area contributed by atoms with Crippen LogP contribution in [0.2, 0.25) is 0 Å². The van der Waals surface area contributed by atoms with E-state index in [0.717, 1.165) is 29.4 Å². The van der Waals surface area contributed by atoms with Crippen molar-refractivity contribution in [3.8, 4) is 22.9 Å². The highest BCUT2D eigenvalue weighted by Gasteiger charge is 2.27. The lowest BCUT2D eigenvalue weighted by molar-refractivity contribution is -0.121. The molecule has 1 unspecified atom stereocenters. The molecule has 1 atom stereocenters. The number of carbonyl (C=O) groups is 1. The second-order valence-electron chi connectivity index (χ2n) is 7.65. The van der Waals surface area contributed by atoms with E-state index in [2.05, 4.69) is 36.3 Å². The van der Waals surface area contributed by atoms with E-state index in [1.54, 1.807) is 32.4 Å². The van der Waals surface area contributed by atoms with Gasteiger partial charge in [0.25, 0.3) is 0 Å². The van der Waals surface area contributed by atoms with Crippen LogP contribution in [0.5, 0.6) is 11.5 Å². The average Bonchev–Trinajstić information content (AvgIpc) is 3.28. The molecule has 32 heavy (non-hydrogen) atoms. The summed E-state index contributed by atoms with van der Waals surface area (Å²) in [6.45, 7) is 2.01. The number of likely N-dealkylation sites (tertiary alicyclic amines) is 1. The molecule has 2 aromatic carbocycles. The Morgan fingerprint density at radius 2 is 2.12 bits per heavy atom. The molecule has 0 spiro atoms. The van der Waals surface area contributed by atoms with E-state index >= 15 is 0 Å². The van der Waals surface area contributed by atoms with E-state index in [-0.39, 0.29) is 11.8 Å². The largest absolute Gasteiger partial charge is 0.497 e. The Kier molecular flexibility index (Phi) is 7.06. The topological polar surface area (TPSA) is 89.7 Å². The van der Waals surface area contributed by atoms with E-state index in [1.165, 1.54) is 0 Å². The summed E-state index contributed by atoms with van der Waals surface area (Å²) in [6, 6.07) is 13.1. The van der Waals surface area contributed by atoms with Gasteiger partial charge in [-0.1, -0.05) is 33.2 Å². The molecule has 4 rings (SSSR count). The van der Waals surface area contributed by atoms with Crippen LogP contribution in [0.4, 0.5) is 5.69 Å². The maximum atomic E-state index is 12.9. The molecule has 0 radical (unpaired) electrons. The van der Waals surface area contributed by atoms with Crippen molar-refractivity contribution in [2.45, 2.75) is 19.4 Å². The molecular weight excluding hydrogens is 476 g/mol. The lowest BCUT2D eigenvalue weighted by Crippen LogP contribution is -2.40. The zero-order chi connectivity index (χ0) is 22.5. The van der Waals surface area contributed by atoms with Crippen LogP contribution >= 0.6 is 15.9 Å². The van der Waals surface area contributed by atoms with Gasteiger partial charge in [0.1, 0.15) is 11.5 Å². The Hall–Kier alpha value is -2.91. The minimum absolute atomic E-state index is 0.0291. The van der Waals surface area contributed by atoms with Crippen LogP contribution in [-0.4, -0.2) is 48.3 Å². The van der Waals surface area contributed by atoms with Crippen molar-refractivity contribution >= 4 is 27.5 Å². The monoisotopic (exact) mass is 500 g/mol. The number of nitrogens with zero attached hydrogens (tertiary/aromatic N) is 3. The second kappa shape index (κ2) is 10.1. The first-order valence-electron chi connectivity index (χ1n) is 10.4. The van der Waals surface area contributed by atoms with Crippen molar-refractivity contribution in [1.82, 2.24) is 15.0 Å². The SMILES string of the molecule is COc1ccc(NC(=O)C2CCCN(Cc3nc(-c4cccc(Br)c4)no3)C2)c(OC)c1. The standard InChI is InChI=1S/C23H25BrN4O4/c1-30-18-8-9-19(20(12-18)31-2)25-23(29)16-6-4-10-28(13-16)14-21-26-22(27-32-21)15-5-3-7-17(24)11-15/h3,5,7-9,11-12,16H,4,6,10,13-14H2,1-2H3,(H,25,29). The van der Waals surface area contributed by atoms with Gasteiger partial charge < -0.3 is 19.3 Å². The number of nitrogens with one attached hydrogen (secondary N) is 1. The minimum Gasteiger partial charge on any atom is -0.497 e. The van der Waals surface area contributed by atoms with E-state index in [0.29, 0.717) is 42.0 Å². The Morgan fingerprint density at radius 3 is 2.91 bits per heavy atom. The number of rotatable bonds is 7. The number of piperidine rings is 1. The lowest BCUT2D eigenvalue weighted by atomic mass is 9.97. The van der Waals surface area contributed by atoms with Gasteiger partial charge in [-0.15, -0.1) is 0 Å². The van der Waals surface area contributed by atoms with Crippen molar-refractivity contribution in [1.29, 1.82) is 0 Å². The third-order valence-corrected chi connectivity index (χ3v) is 5.95. The van der Waals surface area contributed by atoms with E-state index in [1.807, 2.05) is 24.3 Å². The van der Waals surface area contributed by atoms with Gasteiger partial charge in [0, 0.05) is 22.6 Å². The molecule has 0 saturated carbocycles. The quantitative estimate of drug-likeness (QED) is 0.515. The third kappa shape index (κ3) is 5.28. The first-order valence-corrected chi connectivity index (χ1v) is 11.2. The van der Waals surface area contributed by atoms with Gasteiger partial charge >= 0.3 is 0 Å². The van der Waals surface area contributed by atoms with Crippen LogP contribution in [0, 0.1) is 5.92 Å². The molecule has 1 aliphatic rings. The molecule has 3 aromatic rings. The normalized spacial score (nSPS) is 16.5. The van der Waals surface area contributed by atoms with Gasteiger partial charge in [0.05, 0.1) is 32.4 Å². The molecule has 1 aliphatic heterocycles. The second-order valence-corrected chi connectivity index (χ2v) is 8.57. The summed E-state index contributed by atoms with van der Waals surface area (Å²) < 4.78 is 17.0. The fourth-order valence-corrected chi connectivity index (χ4v) is 4.20. The molecule has 2 heterocycles. The highest BCUT2D eigenvalue weighted by molar-refractivity contribution is 9.10. The molecule has 9 heteroatoms. The smallest absolute Gasteiger partial charge is 0.241 e. The molecule has 0 bridgehead atoms. The van der Waals surface area contributed by atoms with Crippen LogP contribution in [0.3, 0.4) is 0 Å². The van der Waals surface area contributed by atoms with Gasteiger partial charge in [-0.2, -0.15) is 4.98 Å². The molecule has 1 fully saturated rings. The summed E-state index contributed by atoms with van der Waals surface area (Å²) in [6.07, 6.45) is 1.75. The number of anilines is 1. The summed E-state index contributed by atoms with van der Waals surface area (Å²) >= 11 is 3.46. The van der Waals surface area contributed by atoms with Crippen molar-refractivity contribution in [2.75, 3.05) is 32.6 Å². The number of methoxy groups -OCH3 is 2. The van der Waals surface area contributed by atoms with Gasteiger partial charge in [0.2, 0.25) is 17.6 Å². The van der Waals surface area contributed by atoms with Crippen molar-refractivity contribution in [3.05, 3.63) is 52.8 Å². The third-order valence-electron chi connectivity index (χ3n) is 5.45. The maximum absolute atomic E-state index is 12.9. The molecule has 1 amide bonds. The van der Waals surface area contributed by atoms with Gasteiger partial charge in [-0.3, -0.25) is 9.69 Å². The number of carbonyl (C=O) groups excluding carboxylic acids is 1. The number of ether oxygens (including phenoxy) is 2. The summed E-state index contributed by atoms with van der Waals surface area (Å²) in [5, 5.41) is 7.09. The number of benzene rings is 2. The summed E-state index contributed by atoms with van der Waals surface area (Å²) in [4.78, 5) is 19.6. The van der Waals surface area contributed by atoms with Gasteiger partial charge in [0.15, 0.2) is 0 Å².